The zero-order valence-corrected chi connectivity index (χ0v) is 26.0. The third-order valence-electron chi connectivity index (χ3n) is 9.24. The molecule has 1 saturated carbocycles. The molecule has 0 radical (unpaired) electrons. The molecule has 2 amide bonds. The molecular weight excluding hydrogens is 564 g/mol. The summed E-state index contributed by atoms with van der Waals surface area (Å²) in [5, 5.41) is 8.93. The molecule has 2 saturated heterocycles. The van der Waals surface area contributed by atoms with Crippen molar-refractivity contribution < 1.29 is 33.4 Å². The highest BCUT2D eigenvalue weighted by Crippen LogP contribution is 2.34. The molecule has 0 unspecified atom stereocenters. The Labute approximate surface area is 259 Å². The van der Waals surface area contributed by atoms with Crippen LogP contribution in [0.4, 0.5) is 0 Å². The van der Waals surface area contributed by atoms with Gasteiger partial charge in [0.05, 0.1) is 38.4 Å². The molecular formula is C33H46N4O7. The summed E-state index contributed by atoms with van der Waals surface area (Å²) in [5.74, 6) is -0.117. The van der Waals surface area contributed by atoms with Crippen molar-refractivity contribution in [2.45, 2.75) is 83.0 Å². The number of nitrogens with zero attached hydrogens (tertiary/aromatic N) is 1. The quantitative estimate of drug-likeness (QED) is 0.270. The molecule has 0 bridgehead atoms. The van der Waals surface area contributed by atoms with Gasteiger partial charge in [-0.3, -0.25) is 24.1 Å². The van der Waals surface area contributed by atoms with E-state index in [1.54, 1.807) is 13.8 Å². The number of hydrogen-bond acceptors (Lipinski definition) is 9. The topological polar surface area (TPSA) is 139 Å². The zero-order valence-electron chi connectivity index (χ0n) is 26.0. The molecule has 3 fully saturated rings. The Bertz CT molecular complexity index is 1250. The number of hydrogen-bond donors (Lipinski definition) is 3. The number of rotatable bonds is 14. The van der Waals surface area contributed by atoms with Crippen LogP contribution in [0.15, 0.2) is 30.7 Å². The van der Waals surface area contributed by atoms with Crippen molar-refractivity contribution >= 4 is 23.4 Å². The standard InChI is InChI=1S/C33H46N4O7/c1-21(35-30(39)19-37-10-12-42-13-11-37)28(38)17-25(14-24-8-9-29-26(15-24)18-34-22(2)44-29)32(41)36-27(16-23-6-4-5-7-23)31(40)33(3)20-43-33/h8-9,15,21,23,25,27,34H,2,4-7,10-14,16-20H2,1,3H3,(H,35,39)(H,36,41)/t21-,25+,27-,33+/m0/s1. The van der Waals surface area contributed by atoms with Crippen molar-refractivity contribution in [1.82, 2.24) is 20.9 Å². The summed E-state index contributed by atoms with van der Waals surface area (Å²) in [6.07, 6.45) is 5.12. The lowest BCUT2D eigenvalue weighted by Gasteiger charge is -2.27. The van der Waals surface area contributed by atoms with Gasteiger partial charge in [0.25, 0.3) is 0 Å². The van der Waals surface area contributed by atoms with Gasteiger partial charge in [0.1, 0.15) is 11.4 Å². The van der Waals surface area contributed by atoms with Gasteiger partial charge in [-0.15, -0.1) is 0 Å². The molecule has 0 aromatic heterocycles. The first-order valence-corrected chi connectivity index (χ1v) is 15.9. The summed E-state index contributed by atoms with van der Waals surface area (Å²) < 4.78 is 16.5. The molecule has 1 aliphatic carbocycles. The number of morpholine rings is 1. The summed E-state index contributed by atoms with van der Waals surface area (Å²) >= 11 is 0. The summed E-state index contributed by atoms with van der Waals surface area (Å²) in [6, 6.07) is 4.26. The second-order valence-corrected chi connectivity index (χ2v) is 12.9. The minimum Gasteiger partial charge on any atom is -0.442 e. The predicted octanol–water partition coefficient (Wildman–Crippen LogP) is 2.02. The Hall–Kier alpha value is -3.28. The van der Waals surface area contributed by atoms with Crippen LogP contribution in [0.1, 0.15) is 63.5 Å². The van der Waals surface area contributed by atoms with Crippen molar-refractivity contribution in [3.63, 3.8) is 0 Å². The molecule has 4 aliphatic rings. The van der Waals surface area contributed by atoms with E-state index in [1.165, 1.54) is 0 Å². The van der Waals surface area contributed by atoms with Gasteiger partial charge < -0.3 is 30.2 Å². The van der Waals surface area contributed by atoms with E-state index in [-0.39, 0.29) is 36.3 Å². The van der Waals surface area contributed by atoms with Crippen LogP contribution < -0.4 is 20.7 Å². The molecule has 3 aliphatic heterocycles. The molecule has 0 spiro atoms. The molecule has 11 heteroatoms. The number of ether oxygens (including phenoxy) is 3. The summed E-state index contributed by atoms with van der Waals surface area (Å²) in [6.45, 7) is 10.8. The number of nitrogens with one attached hydrogen (secondary N) is 3. The number of carbonyl (C=O) groups is 4. The lowest BCUT2D eigenvalue weighted by Crippen LogP contribution is -2.50. The van der Waals surface area contributed by atoms with Crippen LogP contribution in [-0.4, -0.2) is 85.4 Å². The van der Waals surface area contributed by atoms with Crippen LogP contribution in [0.5, 0.6) is 5.75 Å². The van der Waals surface area contributed by atoms with Gasteiger partial charge in [-0.25, -0.2) is 0 Å². The Morgan fingerprint density at radius 2 is 1.86 bits per heavy atom. The van der Waals surface area contributed by atoms with Crippen LogP contribution in [0.25, 0.3) is 0 Å². The number of amides is 2. The Morgan fingerprint density at radius 3 is 2.57 bits per heavy atom. The minimum atomic E-state index is -0.864. The largest absolute Gasteiger partial charge is 0.442 e. The minimum absolute atomic E-state index is 0.0778. The van der Waals surface area contributed by atoms with Gasteiger partial charge in [-0.2, -0.15) is 0 Å². The van der Waals surface area contributed by atoms with Gasteiger partial charge >= 0.3 is 0 Å². The molecule has 3 N–H and O–H groups in total. The SMILES string of the molecule is C=C1NCc2cc(C[C@H](CC(=O)[C@H](C)NC(=O)CN3CCOCC3)C(=O)N[C@@H](CC3CCCC3)C(=O)[C@@]3(C)CO3)ccc2O1. The first-order chi connectivity index (χ1) is 21.1. The Kier molecular flexibility index (Phi) is 10.4. The number of benzene rings is 1. The van der Waals surface area contributed by atoms with E-state index < -0.39 is 23.6 Å². The fraction of sp³-hybridized carbons (Fsp3) is 0.636. The molecule has 1 aromatic carbocycles. The first-order valence-electron chi connectivity index (χ1n) is 15.9. The van der Waals surface area contributed by atoms with Gasteiger partial charge in [0.2, 0.25) is 11.8 Å². The normalized spacial score (nSPS) is 23.8. The maximum atomic E-state index is 13.9. The average Bonchev–Trinajstić information content (AvgIpc) is 3.54. The molecule has 240 valence electrons. The van der Waals surface area contributed by atoms with Gasteiger partial charge in [-0.1, -0.05) is 37.8 Å². The number of carbonyl (C=O) groups excluding carboxylic acids is 4. The van der Waals surface area contributed by atoms with Crippen LogP contribution >= 0.6 is 0 Å². The second-order valence-electron chi connectivity index (χ2n) is 12.9. The fourth-order valence-corrected chi connectivity index (χ4v) is 6.37. The molecule has 11 nitrogen and oxygen atoms in total. The van der Waals surface area contributed by atoms with E-state index in [9.17, 15) is 19.2 Å². The maximum Gasteiger partial charge on any atom is 0.234 e. The van der Waals surface area contributed by atoms with Gasteiger partial charge in [0, 0.05) is 37.5 Å². The van der Waals surface area contributed by atoms with Crippen molar-refractivity contribution in [3.8, 4) is 5.75 Å². The summed E-state index contributed by atoms with van der Waals surface area (Å²) in [4.78, 5) is 55.5. The molecule has 4 atom stereocenters. The fourth-order valence-electron chi connectivity index (χ4n) is 6.37. The van der Waals surface area contributed by atoms with E-state index in [0.717, 1.165) is 36.8 Å². The highest BCUT2D eigenvalue weighted by Gasteiger charge is 2.50. The van der Waals surface area contributed by atoms with Gasteiger partial charge in [0.15, 0.2) is 17.4 Å². The molecule has 44 heavy (non-hydrogen) atoms. The van der Waals surface area contributed by atoms with E-state index in [4.69, 9.17) is 14.2 Å². The van der Waals surface area contributed by atoms with Crippen LogP contribution in [0, 0.1) is 11.8 Å². The Balaban J connectivity index is 1.29. The summed E-state index contributed by atoms with van der Waals surface area (Å²) in [5.41, 5.74) is 0.934. The lowest BCUT2D eigenvalue weighted by molar-refractivity contribution is -0.134. The first kappa shape index (κ1) is 32.1. The molecule has 1 aromatic rings. The number of fused-ring (bicyclic) bond motifs is 1. The monoisotopic (exact) mass is 610 g/mol. The van der Waals surface area contributed by atoms with Crippen LogP contribution in [0.3, 0.4) is 0 Å². The average molecular weight is 611 g/mol. The zero-order chi connectivity index (χ0) is 31.3. The van der Waals surface area contributed by atoms with Crippen molar-refractivity contribution in [1.29, 1.82) is 0 Å². The van der Waals surface area contributed by atoms with Crippen molar-refractivity contribution in [3.05, 3.63) is 41.8 Å². The van der Waals surface area contributed by atoms with E-state index in [2.05, 4.69) is 22.5 Å². The number of Topliss-reactive ketones (excluding diaryl/α,β-unsaturated/α-hetero) is 2. The third-order valence-corrected chi connectivity index (χ3v) is 9.24. The van der Waals surface area contributed by atoms with Crippen molar-refractivity contribution in [2.24, 2.45) is 11.8 Å². The van der Waals surface area contributed by atoms with E-state index >= 15 is 0 Å². The summed E-state index contributed by atoms with van der Waals surface area (Å²) in [7, 11) is 0. The Morgan fingerprint density at radius 1 is 1.14 bits per heavy atom. The third kappa shape index (κ3) is 8.46. The van der Waals surface area contributed by atoms with E-state index in [0.29, 0.717) is 69.8 Å². The highest BCUT2D eigenvalue weighted by molar-refractivity contribution is 5.98. The maximum absolute atomic E-state index is 13.9. The lowest BCUT2D eigenvalue weighted by atomic mass is 9.88. The number of ketones is 2. The predicted molar refractivity (Wildman–Crippen MR) is 163 cm³/mol. The van der Waals surface area contributed by atoms with Crippen LogP contribution in [-0.2, 0) is 41.6 Å². The number of epoxide rings is 1. The van der Waals surface area contributed by atoms with E-state index in [1.807, 2.05) is 23.1 Å². The van der Waals surface area contributed by atoms with Crippen molar-refractivity contribution in [2.75, 3.05) is 39.5 Å². The van der Waals surface area contributed by atoms with Crippen LogP contribution in [0.2, 0.25) is 0 Å². The smallest absolute Gasteiger partial charge is 0.234 e. The van der Waals surface area contributed by atoms with Gasteiger partial charge in [-0.05, 0) is 50.8 Å². The molecule has 5 rings (SSSR count). The second kappa shape index (κ2) is 14.2. The highest BCUT2D eigenvalue weighted by atomic mass is 16.6. The molecule has 3 heterocycles.